The fourth-order valence-electron chi connectivity index (χ4n) is 7.08. The molecule has 1 amide bonds. The van der Waals surface area contributed by atoms with Gasteiger partial charge in [0.25, 0.3) is 5.91 Å². The van der Waals surface area contributed by atoms with E-state index in [1.165, 1.54) is 11.0 Å². The molecule has 2 saturated heterocycles. The third-order valence-electron chi connectivity index (χ3n) is 9.81. The maximum Gasteiger partial charge on any atom is 0.318 e. The summed E-state index contributed by atoms with van der Waals surface area (Å²) in [5.41, 5.74) is 2.41. The minimum atomic E-state index is -1.06. The molecule has 2 aromatic carbocycles. The first-order valence-electron chi connectivity index (χ1n) is 15.9. The minimum Gasteiger partial charge on any atom is -0.463 e. The van der Waals surface area contributed by atoms with Crippen molar-refractivity contribution in [1.82, 2.24) is 19.8 Å². The number of hydrogen-bond acceptors (Lipinski definition) is 8. The number of aromatic nitrogens is 2. The van der Waals surface area contributed by atoms with Gasteiger partial charge in [-0.05, 0) is 36.8 Å². The number of rotatable bonds is 9. The second kappa shape index (κ2) is 12.5. The van der Waals surface area contributed by atoms with Crippen LogP contribution in [0.3, 0.4) is 0 Å². The number of amides is 1. The lowest BCUT2D eigenvalue weighted by Gasteiger charge is -2.42. The smallest absolute Gasteiger partial charge is 0.318 e. The molecule has 0 bridgehead atoms. The van der Waals surface area contributed by atoms with Crippen molar-refractivity contribution in [1.29, 1.82) is 5.26 Å². The number of halogens is 4. The lowest BCUT2D eigenvalue weighted by atomic mass is 10.0. The normalized spacial score (nSPS) is 20.8. The molecule has 0 radical (unpaired) electrons. The SMILES string of the molecule is C=C(F)C(=O)N1CCN(c2nc(OCC3(CN4CC(F)C4)CC3)nc3c2CCN(c2cccc4ccc(F)c(Cl)c24)C3)C[C@@H]1CC#N. The van der Waals surface area contributed by atoms with E-state index >= 15 is 0 Å². The quantitative estimate of drug-likeness (QED) is 0.288. The summed E-state index contributed by atoms with van der Waals surface area (Å²) in [6, 6.07) is 10.6. The second-order valence-electron chi connectivity index (χ2n) is 13.1. The molecule has 1 saturated carbocycles. The van der Waals surface area contributed by atoms with Gasteiger partial charge in [-0.25, -0.2) is 13.2 Å². The van der Waals surface area contributed by atoms with Crippen LogP contribution in [0.4, 0.5) is 24.7 Å². The van der Waals surface area contributed by atoms with Crippen LogP contribution in [-0.2, 0) is 17.8 Å². The van der Waals surface area contributed by atoms with Gasteiger partial charge in [0.05, 0.1) is 42.4 Å². The Hall–Kier alpha value is -4.08. The first-order valence-corrected chi connectivity index (χ1v) is 16.3. The average Bonchev–Trinajstić information content (AvgIpc) is 3.83. The van der Waals surface area contributed by atoms with Gasteiger partial charge in [0.1, 0.15) is 17.8 Å². The number of fused-ring (bicyclic) bond motifs is 2. The maximum atomic E-state index is 14.6. The van der Waals surface area contributed by atoms with E-state index in [0.717, 1.165) is 41.7 Å². The number of piperazine rings is 1. The molecule has 13 heteroatoms. The van der Waals surface area contributed by atoms with E-state index < -0.39 is 29.8 Å². The van der Waals surface area contributed by atoms with Crippen molar-refractivity contribution in [2.24, 2.45) is 5.41 Å². The van der Waals surface area contributed by atoms with Gasteiger partial charge < -0.3 is 19.4 Å². The van der Waals surface area contributed by atoms with Crippen LogP contribution < -0.4 is 14.5 Å². The average molecular weight is 666 g/mol. The molecule has 9 nitrogen and oxygen atoms in total. The van der Waals surface area contributed by atoms with Crippen LogP contribution in [0.25, 0.3) is 10.8 Å². The van der Waals surface area contributed by atoms with Crippen LogP contribution in [0, 0.1) is 22.6 Å². The van der Waals surface area contributed by atoms with E-state index in [0.29, 0.717) is 57.0 Å². The Morgan fingerprint density at radius 3 is 2.66 bits per heavy atom. The molecule has 0 unspecified atom stereocenters. The monoisotopic (exact) mass is 665 g/mol. The number of nitrogens with zero attached hydrogens (tertiary/aromatic N) is 7. The van der Waals surface area contributed by atoms with E-state index in [1.54, 1.807) is 6.07 Å². The maximum absolute atomic E-state index is 14.6. The molecule has 4 aliphatic rings. The number of benzene rings is 2. The zero-order chi connectivity index (χ0) is 32.9. The Bertz CT molecular complexity index is 1770. The standard InChI is InChI=1S/C34H35ClF3N7O2/c1-21(36)32(46)45-14-13-44(17-24(45)7-11-39)31-25-8-12-43(28-4-2-3-22-5-6-26(38)30(35)29(22)28)18-27(25)40-33(41-31)47-20-34(9-10-34)19-42-15-23(37)16-42/h2-6,23-24H,1,7-10,12-20H2/t24-/m0/s1. The number of carbonyl (C=O) groups is 1. The summed E-state index contributed by atoms with van der Waals surface area (Å²) in [5.74, 6) is -1.69. The molecule has 7 rings (SSSR count). The molecule has 246 valence electrons. The van der Waals surface area contributed by atoms with Crippen LogP contribution in [0.2, 0.25) is 5.02 Å². The number of alkyl halides is 1. The van der Waals surface area contributed by atoms with E-state index in [-0.39, 0.29) is 36.0 Å². The Balaban J connectivity index is 1.20. The Labute approximate surface area is 276 Å². The van der Waals surface area contributed by atoms with Gasteiger partial charge in [0.15, 0.2) is 5.83 Å². The zero-order valence-corrected chi connectivity index (χ0v) is 26.7. The van der Waals surface area contributed by atoms with Crippen LogP contribution >= 0.6 is 11.6 Å². The summed E-state index contributed by atoms with van der Waals surface area (Å²) in [6.45, 7) is 7.06. The van der Waals surface area contributed by atoms with E-state index in [2.05, 4.69) is 22.4 Å². The number of nitriles is 1. The van der Waals surface area contributed by atoms with Crippen molar-refractivity contribution in [3.05, 3.63) is 64.8 Å². The fourth-order valence-corrected chi connectivity index (χ4v) is 7.35. The predicted molar refractivity (Wildman–Crippen MR) is 172 cm³/mol. The largest absolute Gasteiger partial charge is 0.463 e. The van der Waals surface area contributed by atoms with Crippen LogP contribution in [0.5, 0.6) is 6.01 Å². The molecule has 3 aliphatic heterocycles. The summed E-state index contributed by atoms with van der Waals surface area (Å²) in [7, 11) is 0. The Morgan fingerprint density at radius 2 is 1.94 bits per heavy atom. The van der Waals surface area contributed by atoms with Crippen molar-refractivity contribution >= 4 is 39.8 Å². The molecule has 4 heterocycles. The highest BCUT2D eigenvalue weighted by Crippen LogP contribution is 2.47. The first-order chi connectivity index (χ1) is 22.6. The highest BCUT2D eigenvalue weighted by atomic mass is 35.5. The molecule has 3 aromatic rings. The van der Waals surface area contributed by atoms with Crippen molar-refractivity contribution in [3.63, 3.8) is 0 Å². The molecule has 0 spiro atoms. The van der Waals surface area contributed by atoms with Crippen LogP contribution in [0.1, 0.15) is 30.5 Å². The zero-order valence-electron chi connectivity index (χ0n) is 25.9. The fraction of sp³-hybridized carbons (Fsp3) is 0.471. The van der Waals surface area contributed by atoms with E-state index in [1.807, 2.05) is 23.1 Å². The number of ether oxygens (including phenoxy) is 1. The summed E-state index contributed by atoms with van der Waals surface area (Å²) in [4.78, 5) is 29.9. The molecule has 1 aromatic heterocycles. The molecule has 3 fully saturated rings. The molecule has 1 aliphatic carbocycles. The van der Waals surface area contributed by atoms with Crippen LogP contribution in [-0.4, -0.2) is 90.3 Å². The van der Waals surface area contributed by atoms with E-state index in [4.69, 9.17) is 26.3 Å². The number of carbonyl (C=O) groups excluding carboxylic acids is 1. The third kappa shape index (κ3) is 6.19. The lowest BCUT2D eigenvalue weighted by molar-refractivity contribution is -0.131. The highest BCUT2D eigenvalue weighted by molar-refractivity contribution is 6.36. The first kappa shape index (κ1) is 31.5. The Morgan fingerprint density at radius 1 is 1.13 bits per heavy atom. The molecule has 47 heavy (non-hydrogen) atoms. The topological polar surface area (TPSA) is 88.8 Å². The number of likely N-dealkylation sites (tertiary alicyclic amines) is 1. The summed E-state index contributed by atoms with van der Waals surface area (Å²) in [5, 5.41) is 11.1. The minimum absolute atomic E-state index is 0.0249. The predicted octanol–water partition coefficient (Wildman–Crippen LogP) is 5.21. The van der Waals surface area contributed by atoms with Gasteiger partial charge in [-0.15, -0.1) is 0 Å². The van der Waals surface area contributed by atoms with Gasteiger partial charge in [0.2, 0.25) is 0 Å². The Kier molecular flexibility index (Phi) is 8.39. The van der Waals surface area contributed by atoms with Crippen molar-refractivity contribution in [2.45, 2.75) is 44.4 Å². The highest BCUT2D eigenvalue weighted by Gasteiger charge is 2.47. The van der Waals surface area contributed by atoms with Gasteiger partial charge in [-0.1, -0.05) is 36.4 Å². The summed E-state index contributed by atoms with van der Waals surface area (Å²) in [6.07, 6.45) is 1.79. The van der Waals surface area contributed by atoms with Gasteiger partial charge in [-0.2, -0.15) is 15.2 Å². The summed E-state index contributed by atoms with van der Waals surface area (Å²) < 4.78 is 48.2. The molecule has 1 atom stereocenters. The molecular weight excluding hydrogens is 631 g/mol. The molecule has 0 N–H and O–H groups in total. The lowest BCUT2D eigenvalue weighted by Crippen LogP contribution is -2.55. The van der Waals surface area contributed by atoms with E-state index in [9.17, 15) is 23.2 Å². The van der Waals surface area contributed by atoms with Gasteiger partial charge >= 0.3 is 6.01 Å². The third-order valence-corrected chi connectivity index (χ3v) is 10.2. The van der Waals surface area contributed by atoms with Crippen molar-refractivity contribution < 1.29 is 22.7 Å². The molecular formula is C34H35ClF3N7O2. The van der Waals surface area contributed by atoms with Crippen molar-refractivity contribution in [2.75, 3.05) is 62.2 Å². The van der Waals surface area contributed by atoms with Gasteiger partial charge in [-0.3, -0.25) is 9.69 Å². The van der Waals surface area contributed by atoms with Crippen molar-refractivity contribution in [3.8, 4) is 12.1 Å². The summed E-state index contributed by atoms with van der Waals surface area (Å²) >= 11 is 6.49. The number of hydrogen-bond donors (Lipinski definition) is 0. The van der Waals surface area contributed by atoms with Crippen LogP contribution in [0.15, 0.2) is 42.7 Å². The second-order valence-corrected chi connectivity index (χ2v) is 13.5. The van der Waals surface area contributed by atoms with Gasteiger partial charge in [0, 0.05) is 67.9 Å². The number of anilines is 2.